The van der Waals surface area contributed by atoms with E-state index in [1.165, 1.54) is 38.5 Å². The van der Waals surface area contributed by atoms with Gasteiger partial charge in [0.15, 0.2) is 0 Å². The molecule has 0 bridgehead atoms. The third-order valence-electron chi connectivity index (χ3n) is 5.77. The van der Waals surface area contributed by atoms with Gasteiger partial charge in [-0.1, -0.05) is 38.5 Å². The van der Waals surface area contributed by atoms with Crippen molar-refractivity contribution < 1.29 is 9.59 Å². The molecule has 6 heteroatoms. The Morgan fingerprint density at radius 2 is 1.52 bits per heavy atom. The lowest BCUT2D eigenvalue weighted by atomic mass is 9.84. The van der Waals surface area contributed by atoms with Gasteiger partial charge in [-0.3, -0.25) is 9.59 Å². The van der Waals surface area contributed by atoms with Crippen LogP contribution in [0, 0.1) is 11.8 Å². The van der Waals surface area contributed by atoms with Gasteiger partial charge in [-0.05, 0) is 44.4 Å². The van der Waals surface area contributed by atoms with Crippen LogP contribution in [0.4, 0.5) is 0 Å². The Bertz CT molecular complexity index is 407. The maximum Gasteiger partial charge on any atom is 0.242 e. The van der Waals surface area contributed by atoms with Gasteiger partial charge in [-0.2, -0.15) is 0 Å². The smallest absolute Gasteiger partial charge is 0.242 e. The summed E-state index contributed by atoms with van der Waals surface area (Å²) in [6, 6.07) is -0.450. The monoisotopic (exact) mass is 373 g/mol. The summed E-state index contributed by atoms with van der Waals surface area (Å²) in [4.78, 5) is 24.6. The van der Waals surface area contributed by atoms with E-state index in [9.17, 15) is 9.59 Å². The molecule has 2 atom stereocenters. The third kappa shape index (κ3) is 7.53. The lowest BCUT2D eigenvalue weighted by Crippen LogP contribution is -2.52. The summed E-state index contributed by atoms with van der Waals surface area (Å²) in [7, 11) is 0. The van der Waals surface area contributed by atoms with Crippen molar-refractivity contribution in [3.63, 3.8) is 0 Å². The van der Waals surface area contributed by atoms with Crippen LogP contribution in [-0.2, 0) is 9.59 Å². The second-order valence-corrected chi connectivity index (χ2v) is 7.75. The van der Waals surface area contributed by atoms with E-state index in [0.29, 0.717) is 24.8 Å². The Morgan fingerprint density at radius 1 is 0.960 bits per heavy atom. The average Bonchev–Trinajstić information content (AvgIpc) is 2.60. The zero-order valence-corrected chi connectivity index (χ0v) is 16.4. The van der Waals surface area contributed by atoms with Gasteiger partial charge in [0, 0.05) is 19.0 Å². The number of hydrogen-bond acceptors (Lipinski definition) is 3. The highest BCUT2D eigenvalue weighted by atomic mass is 35.5. The molecule has 0 aromatic rings. The van der Waals surface area contributed by atoms with E-state index in [2.05, 4.69) is 10.6 Å². The zero-order valence-electron chi connectivity index (χ0n) is 15.6. The van der Waals surface area contributed by atoms with Gasteiger partial charge in [-0.25, -0.2) is 0 Å². The molecule has 0 aliphatic heterocycles. The van der Waals surface area contributed by atoms with Crippen molar-refractivity contribution in [3.8, 4) is 0 Å². The summed E-state index contributed by atoms with van der Waals surface area (Å²) in [5.41, 5.74) is 5.87. The second-order valence-electron chi connectivity index (χ2n) is 7.75. The fourth-order valence-corrected chi connectivity index (χ4v) is 4.23. The van der Waals surface area contributed by atoms with Crippen LogP contribution in [0.5, 0.6) is 0 Å². The fraction of sp³-hybridized carbons (Fsp3) is 0.895. The number of hydrogen-bond donors (Lipinski definition) is 3. The molecule has 2 saturated carbocycles. The van der Waals surface area contributed by atoms with E-state index in [4.69, 9.17) is 5.73 Å². The molecule has 0 saturated heterocycles. The number of halogens is 1. The Morgan fingerprint density at radius 3 is 2.08 bits per heavy atom. The summed E-state index contributed by atoms with van der Waals surface area (Å²) >= 11 is 0. The number of carbonyl (C=O) groups excluding carboxylic acids is 2. The summed E-state index contributed by atoms with van der Waals surface area (Å²) in [6.07, 6.45) is 12.6. The molecule has 2 aliphatic rings. The molecule has 2 fully saturated rings. The maximum atomic E-state index is 12.4. The van der Waals surface area contributed by atoms with E-state index in [1.54, 1.807) is 6.92 Å². The quantitative estimate of drug-likeness (QED) is 0.641. The molecule has 0 heterocycles. The van der Waals surface area contributed by atoms with Crippen molar-refractivity contribution in [2.45, 2.75) is 89.6 Å². The predicted octanol–water partition coefficient (Wildman–Crippen LogP) is 2.91. The Hall–Kier alpha value is -0.810. The summed E-state index contributed by atoms with van der Waals surface area (Å²) in [6.45, 7) is 2.24. The molecule has 0 aromatic heterocycles. The summed E-state index contributed by atoms with van der Waals surface area (Å²) in [5.74, 6) is 0.880. The van der Waals surface area contributed by atoms with Crippen molar-refractivity contribution in [2.24, 2.45) is 17.6 Å². The molecular weight excluding hydrogens is 338 g/mol. The minimum Gasteiger partial charge on any atom is -0.350 e. The van der Waals surface area contributed by atoms with Crippen molar-refractivity contribution >= 4 is 24.2 Å². The number of rotatable bonds is 7. The van der Waals surface area contributed by atoms with Crippen LogP contribution in [0.1, 0.15) is 77.6 Å². The molecule has 2 amide bonds. The number of nitrogens with two attached hydrogens (primary N) is 1. The van der Waals surface area contributed by atoms with Crippen molar-refractivity contribution in [1.82, 2.24) is 10.6 Å². The lowest BCUT2D eigenvalue weighted by Gasteiger charge is -2.31. The third-order valence-corrected chi connectivity index (χ3v) is 5.77. The normalized spacial score (nSPS) is 21.7. The van der Waals surface area contributed by atoms with Gasteiger partial charge in [0.1, 0.15) is 6.04 Å². The highest BCUT2D eigenvalue weighted by Crippen LogP contribution is 2.27. The molecule has 5 nitrogen and oxygen atoms in total. The number of amides is 2. The zero-order chi connectivity index (χ0) is 17.4. The van der Waals surface area contributed by atoms with E-state index in [-0.39, 0.29) is 30.3 Å². The Balaban J connectivity index is 0.00000312. The predicted molar refractivity (Wildman–Crippen MR) is 104 cm³/mol. The second kappa shape index (κ2) is 11.7. The summed E-state index contributed by atoms with van der Waals surface area (Å²) < 4.78 is 0. The highest BCUT2D eigenvalue weighted by molar-refractivity contribution is 5.87. The van der Waals surface area contributed by atoms with E-state index in [1.807, 2.05) is 0 Å². The Labute approximate surface area is 158 Å². The molecule has 0 aromatic carbocycles. The molecule has 0 spiro atoms. The van der Waals surface area contributed by atoms with Gasteiger partial charge in [0.05, 0.1) is 0 Å². The molecule has 4 N–H and O–H groups in total. The minimum absolute atomic E-state index is 0. The highest BCUT2D eigenvalue weighted by Gasteiger charge is 2.26. The van der Waals surface area contributed by atoms with Gasteiger partial charge < -0.3 is 16.4 Å². The van der Waals surface area contributed by atoms with Crippen LogP contribution in [0.2, 0.25) is 0 Å². The van der Waals surface area contributed by atoms with Crippen LogP contribution >= 0.6 is 12.4 Å². The largest absolute Gasteiger partial charge is 0.350 e. The van der Waals surface area contributed by atoms with Gasteiger partial charge >= 0.3 is 0 Å². The standard InChI is InChI=1S/C19H35N3O2.ClH/c1-14(21-18(23)12-15-8-4-2-5-9-15)19(24)22-17(13-20)16-10-6-3-7-11-16;/h14-17H,2-13,20H2,1H3,(H,21,23)(H,22,24);1H. The first-order valence-electron chi connectivity index (χ1n) is 9.90. The van der Waals surface area contributed by atoms with Crippen LogP contribution in [0.25, 0.3) is 0 Å². The van der Waals surface area contributed by atoms with Crippen LogP contribution in [0.3, 0.4) is 0 Å². The van der Waals surface area contributed by atoms with Gasteiger partial charge in [0.25, 0.3) is 0 Å². The minimum atomic E-state index is -0.487. The molecule has 0 radical (unpaired) electrons. The van der Waals surface area contributed by atoms with Crippen molar-refractivity contribution in [3.05, 3.63) is 0 Å². The molecular formula is C19H36ClN3O2. The fourth-order valence-electron chi connectivity index (χ4n) is 4.23. The molecule has 2 rings (SSSR count). The first kappa shape index (κ1) is 22.2. The van der Waals surface area contributed by atoms with Crippen LogP contribution < -0.4 is 16.4 Å². The first-order valence-corrected chi connectivity index (χ1v) is 9.90. The van der Waals surface area contributed by atoms with Crippen molar-refractivity contribution in [2.75, 3.05) is 6.54 Å². The van der Waals surface area contributed by atoms with E-state index in [0.717, 1.165) is 25.7 Å². The van der Waals surface area contributed by atoms with E-state index >= 15 is 0 Å². The molecule has 2 unspecified atom stereocenters. The molecule has 2 aliphatic carbocycles. The lowest BCUT2D eigenvalue weighted by molar-refractivity contribution is -0.129. The average molecular weight is 374 g/mol. The first-order chi connectivity index (χ1) is 11.6. The number of nitrogens with one attached hydrogen (secondary N) is 2. The molecule has 25 heavy (non-hydrogen) atoms. The van der Waals surface area contributed by atoms with Gasteiger partial charge in [-0.15, -0.1) is 12.4 Å². The van der Waals surface area contributed by atoms with E-state index < -0.39 is 6.04 Å². The topological polar surface area (TPSA) is 84.2 Å². The Kier molecular flexibility index (Phi) is 10.4. The SMILES string of the molecule is CC(NC(=O)CC1CCCCC1)C(=O)NC(CN)C1CCCCC1.Cl. The number of carbonyl (C=O) groups is 2. The maximum absolute atomic E-state index is 12.4. The van der Waals surface area contributed by atoms with Gasteiger partial charge in [0.2, 0.25) is 11.8 Å². The van der Waals surface area contributed by atoms with Crippen LogP contribution in [-0.4, -0.2) is 30.4 Å². The molecule has 146 valence electrons. The summed E-state index contributed by atoms with van der Waals surface area (Å²) in [5, 5.41) is 5.93. The van der Waals surface area contributed by atoms with Crippen LogP contribution in [0.15, 0.2) is 0 Å². The van der Waals surface area contributed by atoms with Crippen molar-refractivity contribution in [1.29, 1.82) is 0 Å².